The standard InChI is InChI=1S/C10H19NO2/c1-10(2)6-11-9(13-7-10)8-4-3-5-12-8/h8-9,11H,3-7H2,1-2H3. The van der Waals surface area contributed by atoms with Crippen LogP contribution in [0.15, 0.2) is 0 Å². The molecule has 3 heteroatoms. The Kier molecular flexibility index (Phi) is 2.58. The van der Waals surface area contributed by atoms with Crippen molar-refractivity contribution in [2.45, 2.75) is 39.0 Å². The summed E-state index contributed by atoms with van der Waals surface area (Å²) in [7, 11) is 0. The minimum atomic E-state index is 0.135. The number of hydrogen-bond acceptors (Lipinski definition) is 3. The van der Waals surface area contributed by atoms with Gasteiger partial charge in [-0.25, -0.2) is 0 Å². The zero-order valence-corrected chi connectivity index (χ0v) is 8.51. The number of nitrogens with one attached hydrogen (secondary N) is 1. The topological polar surface area (TPSA) is 30.5 Å². The van der Waals surface area contributed by atoms with Crippen molar-refractivity contribution in [3.63, 3.8) is 0 Å². The van der Waals surface area contributed by atoms with Crippen molar-refractivity contribution in [1.82, 2.24) is 5.32 Å². The summed E-state index contributed by atoms with van der Waals surface area (Å²) in [6.07, 6.45) is 2.74. The third-order valence-electron chi connectivity index (χ3n) is 2.74. The molecule has 0 aromatic rings. The van der Waals surface area contributed by atoms with Gasteiger partial charge in [0.2, 0.25) is 0 Å². The van der Waals surface area contributed by atoms with E-state index in [9.17, 15) is 0 Å². The lowest BCUT2D eigenvalue weighted by Gasteiger charge is -2.37. The monoisotopic (exact) mass is 185 g/mol. The zero-order chi connectivity index (χ0) is 9.31. The van der Waals surface area contributed by atoms with E-state index in [1.54, 1.807) is 0 Å². The van der Waals surface area contributed by atoms with Gasteiger partial charge in [-0.05, 0) is 12.8 Å². The molecule has 0 bridgehead atoms. The van der Waals surface area contributed by atoms with Crippen molar-refractivity contribution in [3.8, 4) is 0 Å². The largest absolute Gasteiger partial charge is 0.374 e. The summed E-state index contributed by atoms with van der Waals surface area (Å²) in [5.74, 6) is 0. The van der Waals surface area contributed by atoms with Gasteiger partial charge in [0.15, 0.2) is 0 Å². The third-order valence-corrected chi connectivity index (χ3v) is 2.74. The van der Waals surface area contributed by atoms with Gasteiger partial charge in [0, 0.05) is 18.6 Å². The van der Waals surface area contributed by atoms with Crippen LogP contribution in [0.2, 0.25) is 0 Å². The molecular formula is C10H19NO2. The van der Waals surface area contributed by atoms with Crippen molar-refractivity contribution in [3.05, 3.63) is 0 Å². The van der Waals surface area contributed by atoms with Crippen molar-refractivity contribution in [2.24, 2.45) is 5.41 Å². The third kappa shape index (κ3) is 2.22. The molecule has 76 valence electrons. The molecule has 0 saturated carbocycles. The van der Waals surface area contributed by atoms with Gasteiger partial charge >= 0.3 is 0 Å². The molecule has 0 aliphatic carbocycles. The lowest BCUT2D eigenvalue weighted by molar-refractivity contribution is -0.116. The molecule has 2 atom stereocenters. The molecule has 2 saturated heterocycles. The lowest BCUT2D eigenvalue weighted by atomic mass is 9.93. The van der Waals surface area contributed by atoms with Crippen LogP contribution in [0, 0.1) is 5.41 Å². The van der Waals surface area contributed by atoms with E-state index in [1.165, 1.54) is 6.42 Å². The summed E-state index contributed by atoms with van der Waals surface area (Å²) in [5.41, 5.74) is 0.273. The predicted octanol–water partition coefficient (Wildman–Crippen LogP) is 1.14. The van der Waals surface area contributed by atoms with Gasteiger partial charge in [0.25, 0.3) is 0 Å². The molecule has 0 amide bonds. The average molecular weight is 185 g/mol. The maximum Gasteiger partial charge on any atom is 0.134 e. The number of rotatable bonds is 1. The van der Waals surface area contributed by atoms with E-state index in [0.29, 0.717) is 0 Å². The van der Waals surface area contributed by atoms with E-state index >= 15 is 0 Å². The van der Waals surface area contributed by atoms with Crippen molar-refractivity contribution >= 4 is 0 Å². The summed E-state index contributed by atoms with van der Waals surface area (Å²) in [4.78, 5) is 0. The van der Waals surface area contributed by atoms with Gasteiger partial charge in [-0.1, -0.05) is 13.8 Å². The quantitative estimate of drug-likeness (QED) is 0.664. The van der Waals surface area contributed by atoms with E-state index < -0.39 is 0 Å². The molecule has 0 spiro atoms. The fourth-order valence-electron chi connectivity index (χ4n) is 1.88. The fraction of sp³-hybridized carbons (Fsp3) is 1.00. The Balaban J connectivity index is 1.83. The highest BCUT2D eigenvalue weighted by Crippen LogP contribution is 2.24. The van der Waals surface area contributed by atoms with Crippen LogP contribution in [0.3, 0.4) is 0 Å². The Morgan fingerprint density at radius 2 is 2.15 bits per heavy atom. The van der Waals surface area contributed by atoms with Crippen LogP contribution in [-0.4, -0.2) is 32.1 Å². The van der Waals surface area contributed by atoms with Crippen LogP contribution >= 0.6 is 0 Å². The Labute approximate surface area is 79.8 Å². The second-order valence-electron chi connectivity index (χ2n) is 4.83. The van der Waals surface area contributed by atoms with Crippen LogP contribution in [0.5, 0.6) is 0 Å². The first kappa shape index (κ1) is 9.44. The molecule has 3 nitrogen and oxygen atoms in total. The molecule has 2 fully saturated rings. The zero-order valence-electron chi connectivity index (χ0n) is 8.51. The Morgan fingerprint density at radius 1 is 1.31 bits per heavy atom. The summed E-state index contributed by atoms with van der Waals surface area (Å²) >= 11 is 0. The summed E-state index contributed by atoms with van der Waals surface area (Å²) in [6.45, 7) is 7.19. The SMILES string of the molecule is CC1(C)CNC(C2CCCO2)OC1. The van der Waals surface area contributed by atoms with Gasteiger partial charge in [0.1, 0.15) is 6.23 Å². The van der Waals surface area contributed by atoms with Crippen molar-refractivity contribution < 1.29 is 9.47 Å². The van der Waals surface area contributed by atoms with Gasteiger partial charge < -0.3 is 9.47 Å². The highest BCUT2D eigenvalue weighted by Gasteiger charge is 2.33. The number of ether oxygens (including phenoxy) is 2. The minimum Gasteiger partial charge on any atom is -0.374 e. The van der Waals surface area contributed by atoms with Crippen molar-refractivity contribution in [1.29, 1.82) is 0 Å². The molecule has 2 rings (SSSR count). The highest BCUT2D eigenvalue weighted by molar-refractivity contribution is 4.82. The lowest BCUT2D eigenvalue weighted by Crippen LogP contribution is -2.52. The van der Waals surface area contributed by atoms with Gasteiger partial charge in [0.05, 0.1) is 12.7 Å². The Bertz CT molecular complexity index is 166. The van der Waals surface area contributed by atoms with E-state index in [0.717, 1.165) is 26.2 Å². The molecule has 2 aliphatic heterocycles. The minimum absolute atomic E-state index is 0.135. The summed E-state index contributed by atoms with van der Waals surface area (Å²) in [5, 5.41) is 3.40. The molecule has 0 radical (unpaired) electrons. The molecule has 2 unspecified atom stereocenters. The molecule has 1 N–H and O–H groups in total. The van der Waals surface area contributed by atoms with Gasteiger partial charge in [-0.15, -0.1) is 0 Å². The average Bonchev–Trinajstić information content (AvgIpc) is 2.56. The molecule has 2 heterocycles. The summed E-state index contributed by atoms with van der Waals surface area (Å²) < 4.78 is 11.3. The smallest absolute Gasteiger partial charge is 0.134 e. The van der Waals surface area contributed by atoms with E-state index in [4.69, 9.17) is 9.47 Å². The second-order valence-corrected chi connectivity index (χ2v) is 4.83. The van der Waals surface area contributed by atoms with E-state index in [1.807, 2.05) is 0 Å². The van der Waals surface area contributed by atoms with Gasteiger partial charge in [-0.3, -0.25) is 5.32 Å². The molecule has 2 aliphatic rings. The molecule has 0 aromatic carbocycles. The Morgan fingerprint density at radius 3 is 2.69 bits per heavy atom. The molecular weight excluding hydrogens is 166 g/mol. The van der Waals surface area contributed by atoms with Crippen LogP contribution in [0.25, 0.3) is 0 Å². The van der Waals surface area contributed by atoms with E-state index in [2.05, 4.69) is 19.2 Å². The second kappa shape index (κ2) is 3.56. The van der Waals surface area contributed by atoms with Crippen LogP contribution in [0.1, 0.15) is 26.7 Å². The predicted molar refractivity (Wildman–Crippen MR) is 50.5 cm³/mol. The van der Waals surface area contributed by atoms with Crippen molar-refractivity contribution in [2.75, 3.05) is 19.8 Å². The normalized spacial score (nSPS) is 39.2. The Hall–Kier alpha value is -0.120. The van der Waals surface area contributed by atoms with Crippen LogP contribution in [-0.2, 0) is 9.47 Å². The maximum absolute atomic E-state index is 5.74. The van der Waals surface area contributed by atoms with Crippen LogP contribution in [0.4, 0.5) is 0 Å². The molecule has 13 heavy (non-hydrogen) atoms. The summed E-state index contributed by atoms with van der Waals surface area (Å²) in [6, 6.07) is 0. The first-order valence-corrected chi connectivity index (χ1v) is 5.14. The maximum atomic E-state index is 5.74. The van der Waals surface area contributed by atoms with E-state index in [-0.39, 0.29) is 17.7 Å². The number of hydrogen-bond donors (Lipinski definition) is 1. The highest BCUT2D eigenvalue weighted by atomic mass is 16.6. The first-order chi connectivity index (χ1) is 6.17. The van der Waals surface area contributed by atoms with Crippen LogP contribution < -0.4 is 5.32 Å². The first-order valence-electron chi connectivity index (χ1n) is 5.14. The van der Waals surface area contributed by atoms with Gasteiger partial charge in [-0.2, -0.15) is 0 Å². The molecule has 0 aromatic heterocycles. The fourth-order valence-corrected chi connectivity index (χ4v) is 1.88.